The van der Waals surface area contributed by atoms with Gasteiger partial charge >= 0.3 is 0 Å². The van der Waals surface area contributed by atoms with Gasteiger partial charge in [0.05, 0.1) is 37.3 Å². The predicted octanol–water partition coefficient (Wildman–Crippen LogP) is 2.02. The number of amides is 2. The molecule has 0 aromatic carbocycles. The average Bonchev–Trinajstić information content (AvgIpc) is 3.71. The van der Waals surface area contributed by atoms with E-state index in [0.29, 0.717) is 55.2 Å². The van der Waals surface area contributed by atoms with Crippen molar-refractivity contribution in [3.05, 3.63) is 42.2 Å². The number of aromatic nitrogens is 3. The van der Waals surface area contributed by atoms with E-state index in [1.165, 1.54) is 11.0 Å². The summed E-state index contributed by atoms with van der Waals surface area (Å²) in [5.74, 6) is 7.51. The fourth-order valence-corrected chi connectivity index (χ4v) is 3.16. The minimum absolute atomic E-state index is 0.00461. The molecule has 1 fully saturated rings. The molecule has 1 aliphatic rings. The number of unbranched alkanes of at least 4 members (excludes halogenated alkanes) is 1. The maximum absolute atomic E-state index is 12.1. The second-order valence-electron chi connectivity index (χ2n) is 9.20. The molecule has 11 heteroatoms. The molecule has 2 amide bonds. The molecule has 2 heterocycles. The van der Waals surface area contributed by atoms with Crippen molar-refractivity contribution >= 4 is 29.3 Å². The predicted molar refractivity (Wildman–Crippen MR) is 147 cm³/mol. The van der Waals surface area contributed by atoms with Gasteiger partial charge in [0, 0.05) is 44.7 Å². The van der Waals surface area contributed by atoms with E-state index in [2.05, 4.69) is 42.7 Å². The van der Waals surface area contributed by atoms with Crippen molar-refractivity contribution in [2.45, 2.75) is 31.7 Å². The molecule has 0 saturated heterocycles. The zero-order valence-electron chi connectivity index (χ0n) is 22.5. The number of carbonyl (C=O) groups is 2. The number of rotatable bonds is 13. The minimum Gasteiger partial charge on any atom is -0.481 e. The first kappa shape index (κ1) is 28.4. The van der Waals surface area contributed by atoms with E-state index < -0.39 is 0 Å². The Labute approximate surface area is 224 Å². The Morgan fingerprint density at radius 2 is 2.00 bits per heavy atom. The van der Waals surface area contributed by atoms with Crippen molar-refractivity contribution in [1.82, 2.24) is 30.1 Å². The van der Waals surface area contributed by atoms with Crippen LogP contribution in [0.4, 0.5) is 17.5 Å². The number of likely N-dealkylation sites (N-methyl/N-ethyl adjacent to an activating group) is 2. The Kier molecular flexibility index (Phi) is 10.9. The van der Waals surface area contributed by atoms with Crippen LogP contribution in [0.25, 0.3) is 0 Å². The van der Waals surface area contributed by atoms with Gasteiger partial charge in [-0.25, -0.2) is 9.97 Å². The number of hydrogen-bond acceptors (Lipinski definition) is 9. The van der Waals surface area contributed by atoms with Gasteiger partial charge in [-0.2, -0.15) is 4.98 Å². The number of nitrogens with zero attached hydrogens (tertiary/aromatic N) is 5. The lowest BCUT2D eigenvalue weighted by atomic mass is 10.2. The van der Waals surface area contributed by atoms with Crippen LogP contribution in [0.1, 0.15) is 31.2 Å². The largest absolute Gasteiger partial charge is 0.481 e. The van der Waals surface area contributed by atoms with Crippen molar-refractivity contribution in [3.63, 3.8) is 0 Å². The number of methoxy groups -OCH3 is 1. The molecule has 1 saturated carbocycles. The lowest BCUT2D eigenvalue weighted by Crippen LogP contribution is -2.38. The van der Waals surface area contributed by atoms with Crippen LogP contribution in [0.15, 0.2) is 36.7 Å². The van der Waals surface area contributed by atoms with Crippen LogP contribution < -0.4 is 20.7 Å². The Bertz CT molecular complexity index is 1170. The van der Waals surface area contributed by atoms with Crippen molar-refractivity contribution in [1.29, 1.82) is 0 Å². The molecule has 0 unspecified atom stereocenters. The van der Waals surface area contributed by atoms with Crippen LogP contribution >= 0.6 is 0 Å². The van der Waals surface area contributed by atoms with Crippen LogP contribution in [0.3, 0.4) is 0 Å². The zero-order valence-corrected chi connectivity index (χ0v) is 22.5. The van der Waals surface area contributed by atoms with Gasteiger partial charge in [0.15, 0.2) is 5.82 Å². The van der Waals surface area contributed by atoms with Gasteiger partial charge in [0.2, 0.25) is 23.6 Å². The molecule has 0 spiro atoms. The number of nitrogens with one attached hydrogen (secondary N) is 3. The van der Waals surface area contributed by atoms with E-state index in [4.69, 9.17) is 4.74 Å². The van der Waals surface area contributed by atoms with Crippen molar-refractivity contribution < 1.29 is 14.3 Å². The lowest BCUT2D eigenvalue weighted by molar-refractivity contribution is -0.131. The smallest absolute Gasteiger partial charge is 0.246 e. The summed E-state index contributed by atoms with van der Waals surface area (Å²) in [7, 11) is 7.02. The molecular weight excluding hydrogens is 484 g/mol. The van der Waals surface area contributed by atoms with Crippen molar-refractivity contribution in [2.24, 2.45) is 0 Å². The van der Waals surface area contributed by atoms with E-state index >= 15 is 0 Å². The molecule has 38 heavy (non-hydrogen) atoms. The molecule has 11 nitrogen and oxygen atoms in total. The third-order valence-corrected chi connectivity index (χ3v) is 5.42. The quantitative estimate of drug-likeness (QED) is 0.207. The molecule has 2 aromatic heterocycles. The van der Waals surface area contributed by atoms with Crippen molar-refractivity contribution in [2.75, 3.05) is 58.5 Å². The first-order valence-corrected chi connectivity index (χ1v) is 12.6. The maximum Gasteiger partial charge on any atom is 0.246 e. The normalized spacial score (nSPS) is 12.6. The third-order valence-electron chi connectivity index (χ3n) is 5.42. The highest BCUT2D eigenvalue weighted by Gasteiger charge is 2.22. The van der Waals surface area contributed by atoms with E-state index in [9.17, 15) is 9.59 Å². The number of anilines is 3. The number of ether oxygens (including phenoxy) is 1. The monoisotopic (exact) mass is 520 g/mol. The summed E-state index contributed by atoms with van der Waals surface area (Å²) in [6, 6.07) is 4.05. The molecule has 3 rings (SSSR count). The molecule has 0 radical (unpaired) electrons. The van der Waals surface area contributed by atoms with Gasteiger partial charge in [-0.3, -0.25) is 9.59 Å². The maximum atomic E-state index is 12.1. The molecule has 3 N–H and O–H groups in total. The molecule has 0 aliphatic heterocycles. The van der Waals surface area contributed by atoms with Crippen molar-refractivity contribution in [3.8, 4) is 17.7 Å². The Morgan fingerprint density at radius 3 is 2.68 bits per heavy atom. The Morgan fingerprint density at radius 1 is 1.18 bits per heavy atom. The molecule has 1 aliphatic carbocycles. The van der Waals surface area contributed by atoms with E-state index in [1.807, 2.05) is 25.1 Å². The number of carbonyl (C=O) groups excluding carboxylic acids is 2. The SMILES string of the molecule is COc1ccc(Nc2nc(NC3CC3)ncc2C#CCCCNC(=O)CN(C)C(=O)/C=C/CN(C)C)cn1. The van der Waals surface area contributed by atoms with Gasteiger partial charge in [0.25, 0.3) is 0 Å². The fourth-order valence-electron chi connectivity index (χ4n) is 3.16. The molecular formula is C27H36N8O3. The molecule has 0 bridgehead atoms. The van der Waals surface area contributed by atoms with E-state index in [0.717, 1.165) is 18.5 Å². The highest BCUT2D eigenvalue weighted by molar-refractivity contribution is 5.91. The fraction of sp³-hybridized carbons (Fsp3) is 0.444. The van der Waals surface area contributed by atoms with Gasteiger partial charge < -0.3 is 30.5 Å². The molecule has 0 atom stereocenters. The second kappa shape index (κ2) is 14.5. The number of pyridine rings is 1. The van der Waals surface area contributed by atoms with E-state index in [1.54, 1.807) is 38.7 Å². The topological polar surface area (TPSA) is 125 Å². The summed E-state index contributed by atoms with van der Waals surface area (Å²) in [4.78, 5) is 40.8. The standard InChI is InChI=1S/C27H36N8O3/c1-34(2)16-8-10-25(37)35(3)19-23(36)28-15-7-5-6-9-20-17-30-27(32-21-11-12-21)33-26(20)31-22-13-14-24(38-4)29-18-22/h8,10,13-14,17-18,21H,5,7,11-12,15-16,19H2,1-4H3,(H,28,36)(H2,30,31,32,33)/b10-8+. The minimum atomic E-state index is -0.207. The summed E-state index contributed by atoms with van der Waals surface area (Å²) in [5, 5.41) is 9.39. The highest BCUT2D eigenvalue weighted by atomic mass is 16.5. The third kappa shape index (κ3) is 10.1. The van der Waals surface area contributed by atoms with Gasteiger partial charge in [0.1, 0.15) is 0 Å². The molecule has 2 aromatic rings. The molecule has 202 valence electrons. The van der Waals surface area contributed by atoms with Gasteiger partial charge in [-0.1, -0.05) is 17.9 Å². The lowest BCUT2D eigenvalue weighted by Gasteiger charge is -2.14. The summed E-state index contributed by atoms with van der Waals surface area (Å²) in [5.41, 5.74) is 1.41. The summed E-state index contributed by atoms with van der Waals surface area (Å²) in [6.07, 6.45) is 10.1. The van der Waals surface area contributed by atoms with Crippen LogP contribution in [0, 0.1) is 11.8 Å². The van der Waals surface area contributed by atoms with Crippen LogP contribution in [-0.2, 0) is 9.59 Å². The average molecular weight is 521 g/mol. The van der Waals surface area contributed by atoms with Gasteiger partial charge in [-0.05, 0) is 39.4 Å². The highest BCUT2D eigenvalue weighted by Crippen LogP contribution is 2.25. The van der Waals surface area contributed by atoms with Crippen LogP contribution in [0.5, 0.6) is 5.88 Å². The summed E-state index contributed by atoms with van der Waals surface area (Å²) < 4.78 is 5.12. The zero-order chi connectivity index (χ0) is 27.3. The Hall–Kier alpha value is -4.17. The Balaban J connectivity index is 1.49. The first-order valence-electron chi connectivity index (χ1n) is 12.6. The number of hydrogen-bond donors (Lipinski definition) is 3. The summed E-state index contributed by atoms with van der Waals surface area (Å²) >= 11 is 0. The summed E-state index contributed by atoms with van der Waals surface area (Å²) in [6.45, 7) is 1.14. The van der Waals surface area contributed by atoms with Crippen LogP contribution in [-0.4, -0.2) is 90.5 Å². The van der Waals surface area contributed by atoms with E-state index in [-0.39, 0.29) is 18.4 Å². The second-order valence-corrected chi connectivity index (χ2v) is 9.20. The first-order chi connectivity index (χ1) is 18.3. The van der Waals surface area contributed by atoms with Gasteiger partial charge in [-0.15, -0.1) is 0 Å². The van der Waals surface area contributed by atoms with Crippen LogP contribution in [0.2, 0.25) is 0 Å².